The molecule has 0 saturated heterocycles. The molecular weight excluding hydrogens is 254 g/mol. The van der Waals surface area contributed by atoms with Crippen molar-refractivity contribution in [1.82, 2.24) is 0 Å². The first-order valence-electron chi connectivity index (χ1n) is 5.71. The molecule has 0 N–H and O–H groups in total. The lowest BCUT2D eigenvalue weighted by molar-refractivity contribution is 0.112. The molecule has 0 aliphatic heterocycles. The Morgan fingerprint density at radius 3 is 2.33 bits per heavy atom. The smallest absolute Gasteiger partial charge is 0.152 e. The molecule has 0 saturated carbocycles. The predicted molar refractivity (Wildman–Crippen MR) is 72.8 cm³/mol. The third-order valence-corrected chi connectivity index (χ3v) is 2.90. The Labute approximate surface area is 112 Å². The largest absolute Gasteiger partial charge is 0.383 e. The summed E-state index contributed by atoms with van der Waals surface area (Å²) in [6.45, 7) is 2.44. The van der Waals surface area contributed by atoms with E-state index in [2.05, 4.69) is 0 Å². The lowest BCUT2D eigenvalue weighted by atomic mass is 10.1. The Bertz CT molecular complexity index is 376. The Morgan fingerprint density at radius 1 is 1.22 bits per heavy atom. The van der Waals surface area contributed by atoms with Crippen LogP contribution < -0.4 is 4.90 Å². The molecule has 0 aliphatic carbocycles. The van der Waals surface area contributed by atoms with E-state index in [9.17, 15) is 4.79 Å². The number of benzene rings is 1. The summed E-state index contributed by atoms with van der Waals surface area (Å²) in [6, 6.07) is 5.29. The third kappa shape index (κ3) is 3.98. The number of rotatable bonds is 8. The highest BCUT2D eigenvalue weighted by Crippen LogP contribution is 2.28. The number of anilines is 1. The van der Waals surface area contributed by atoms with Gasteiger partial charge in [-0.05, 0) is 12.1 Å². The lowest BCUT2D eigenvalue weighted by Crippen LogP contribution is -2.31. The third-order valence-electron chi connectivity index (χ3n) is 2.59. The molecule has 0 aromatic heterocycles. The molecule has 0 heterocycles. The van der Waals surface area contributed by atoms with Crippen LogP contribution in [0.3, 0.4) is 0 Å². The van der Waals surface area contributed by atoms with Gasteiger partial charge in [-0.15, -0.1) is 0 Å². The highest BCUT2D eigenvalue weighted by Gasteiger charge is 2.14. The standard InChI is InChI=1S/C13H18ClNO3/c1-17-8-6-15(7-9-18-2)13-11(10-16)4-3-5-12(13)14/h3-5,10H,6-9H2,1-2H3. The molecule has 100 valence electrons. The van der Waals surface area contributed by atoms with Gasteiger partial charge in [-0.25, -0.2) is 0 Å². The number of aldehydes is 1. The Hall–Kier alpha value is -1.10. The fraction of sp³-hybridized carbons (Fsp3) is 0.462. The fourth-order valence-corrected chi connectivity index (χ4v) is 2.00. The normalized spacial score (nSPS) is 10.4. The molecule has 0 radical (unpaired) electrons. The number of methoxy groups -OCH3 is 2. The monoisotopic (exact) mass is 271 g/mol. The number of hydrogen-bond acceptors (Lipinski definition) is 4. The van der Waals surface area contributed by atoms with E-state index in [1.165, 1.54) is 0 Å². The molecule has 0 amide bonds. The van der Waals surface area contributed by atoms with Gasteiger partial charge in [0.25, 0.3) is 0 Å². The van der Waals surface area contributed by atoms with E-state index in [-0.39, 0.29) is 0 Å². The van der Waals surface area contributed by atoms with Crippen LogP contribution in [0.4, 0.5) is 5.69 Å². The van der Waals surface area contributed by atoms with E-state index in [0.717, 1.165) is 12.0 Å². The van der Waals surface area contributed by atoms with Crippen LogP contribution in [0.2, 0.25) is 5.02 Å². The lowest BCUT2D eigenvalue weighted by Gasteiger charge is -2.26. The maximum absolute atomic E-state index is 11.1. The molecule has 18 heavy (non-hydrogen) atoms. The number of hydrogen-bond donors (Lipinski definition) is 0. The van der Waals surface area contributed by atoms with Crippen LogP contribution in [-0.2, 0) is 9.47 Å². The molecule has 5 heteroatoms. The molecule has 0 spiro atoms. The van der Waals surface area contributed by atoms with E-state index in [1.807, 2.05) is 4.90 Å². The summed E-state index contributed by atoms with van der Waals surface area (Å²) in [6.07, 6.45) is 0.813. The summed E-state index contributed by atoms with van der Waals surface area (Å²) in [4.78, 5) is 13.1. The van der Waals surface area contributed by atoms with Crippen LogP contribution in [-0.4, -0.2) is 46.8 Å². The van der Waals surface area contributed by atoms with Gasteiger partial charge in [0.2, 0.25) is 0 Å². The molecule has 0 atom stereocenters. The maximum Gasteiger partial charge on any atom is 0.152 e. The van der Waals surface area contributed by atoms with Gasteiger partial charge < -0.3 is 14.4 Å². The van der Waals surface area contributed by atoms with Gasteiger partial charge >= 0.3 is 0 Å². The number of para-hydroxylation sites is 1. The zero-order valence-electron chi connectivity index (χ0n) is 10.7. The number of carbonyl (C=O) groups is 1. The van der Waals surface area contributed by atoms with Crippen LogP contribution in [0.15, 0.2) is 18.2 Å². The van der Waals surface area contributed by atoms with Gasteiger partial charge in [0.15, 0.2) is 6.29 Å². The predicted octanol–water partition coefficient (Wildman–Crippen LogP) is 2.25. The summed E-state index contributed by atoms with van der Waals surface area (Å²) >= 11 is 6.18. The first-order valence-corrected chi connectivity index (χ1v) is 6.09. The van der Waals surface area contributed by atoms with Crippen molar-refractivity contribution in [2.24, 2.45) is 0 Å². The molecule has 0 fully saturated rings. The van der Waals surface area contributed by atoms with Crippen molar-refractivity contribution in [2.45, 2.75) is 0 Å². The van der Waals surface area contributed by atoms with Crippen LogP contribution in [0.25, 0.3) is 0 Å². The van der Waals surface area contributed by atoms with E-state index < -0.39 is 0 Å². The molecule has 0 bridgehead atoms. The van der Waals surface area contributed by atoms with Crippen molar-refractivity contribution in [1.29, 1.82) is 0 Å². The van der Waals surface area contributed by atoms with Crippen molar-refractivity contribution >= 4 is 23.6 Å². The first-order chi connectivity index (χ1) is 8.74. The average Bonchev–Trinajstić information content (AvgIpc) is 2.39. The highest BCUT2D eigenvalue weighted by atomic mass is 35.5. The Kier molecular flexibility index (Phi) is 6.72. The van der Waals surface area contributed by atoms with E-state index >= 15 is 0 Å². The van der Waals surface area contributed by atoms with Gasteiger partial charge in [0, 0.05) is 32.9 Å². The molecule has 1 aromatic rings. The van der Waals surface area contributed by atoms with Crippen molar-refractivity contribution in [3.63, 3.8) is 0 Å². The second-order valence-electron chi connectivity index (χ2n) is 3.77. The summed E-state index contributed by atoms with van der Waals surface area (Å²) < 4.78 is 10.1. The number of halogens is 1. The van der Waals surface area contributed by atoms with Crippen LogP contribution in [0.5, 0.6) is 0 Å². The fourth-order valence-electron chi connectivity index (χ4n) is 1.70. The SMILES string of the molecule is COCCN(CCOC)c1c(Cl)cccc1C=O. The molecule has 1 aromatic carbocycles. The Balaban J connectivity index is 2.98. The minimum absolute atomic E-state index is 0.562. The van der Waals surface area contributed by atoms with Gasteiger partial charge in [0.05, 0.1) is 23.9 Å². The Morgan fingerprint density at radius 2 is 1.83 bits per heavy atom. The zero-order valence-corrected chi connectivity index (χ0v) is 11.4. The molecule has 4 nitrogen and oxygen atoms in total. The number of nitrogens with zero attached hydrogens (tertiary/aromatic N) is 1. The summed E-state index contributed by atoms with van der Waals surface area (Å²) in [7, 11) is 3.28. The minimum Gasteiger partial charge on any atom is -0.383 e. The van der Waals surface area contributed by atoms with Crippen molar-refractivity contribution in [3.05, 3.63) is 28.8 Å². The van der Waals surface area contributed by atoms with Crippen molar-refractivity contribution < 1.29 is 14.3 Å². The van der Waals surface area contributed by atoms with Crippen LogP contribution >= 0.6 is 11.6 Å². The summed E-state index contributed by atoms with van der Waals surface area (Å²) in [5.41, 5.74) is 1.32. The van der Waals surface area contributed by atoms with Gasteiger partial charge in [-0.1, -0.05) is 17.7 Å². The first kappa shape index (κ1) is 15.0. The van der Waals surface area contributed by atoms with Crippen LogP contribution in [0, 0.1) is 0 Å². The number of ether oxygens (including phenoxy) is 2. The van der Waals surface area contributed by atoms with Gasteiger partial charge in [-0.3, -0.25) is 4.79 Å². The minimum atomic E-state index is 0.562. The molecule has 0 unspecified atom stereocenters. The molecule has 0 aliphatic rings. The van der Waals surface area contributed by atoms with Crippen molar-refractivity contribution in [3.8, 4) is 0 Å². The quantitative estimate of drug-likeness (QED) is 0.680. The second kappa shape index (κ2) is 8.08. The molecule has 1 rings (SSSR count). The second-order valence-corrected chi connectivity index (χ2v) is 4.18. The maximum atomic E-state index is 11.1. The summed E-state index contributed by atoms with van der Waals surface area (Å²) in [5.74, 6) is 0. The topological polar surface area (TPSA) is 38.8 Å². The van der Waals surface area contributed by atoms with Gasteiger partial charge in [0.1, 0.15) is 0 Å². The highest BCUT2D eigenvalue weighted by molar-refractivity contribution is 6.33. The van der Waals surface area contributed by atoms with E-state index in [4.69, 9.17) is 21.1 Å². The summed E-state index contributed by atoms with van der Waals surface area (Å²) in [5, 5.41) is 0.562. The van der Waals surface area contributed by atoms with Crippen LogP contribution in [0.1, 0.15) is 10.4 Å². The number of carbonyl (C=O) groups excluding carboxylic acids is 1. The zero-order chi connectivity index (χ0) is 13.4. The molecular formula is C13H18ClNO3. The van der Waals surface area contributed by atoms with E-state index in [0.29, 0.717) is 36.9 Å². The van der Waals surface area contributed by atoms with Gasteiger partial charge in [-0.2, -0.15) is 0 Å². The van der Waals surface area contributed by atoms with Crippen molar-refractivity contribution in [2.75, 3.05) is 45.4 Å². The average molecular weight is 272 g/mol. The van der Waals surface area contributed by atoms with E-state index in [1.54, 1.807) is 32.4 Å².